The van der Waals surface area contributed by atoms with E-state index in [4.69, 9.17) is 20.6 Å². The first kappa shape index (κ1) is 15.3. The monoisotopic (exact) mass is 302 g/mol. The van der Waals surface area contributed by atoms with Crippen molar-refractivity contribution in [2.24, 2.45) is 5.73 Å². The summed E-state index contributed by atoms with van der Waals surface area (Å²) >= 11 is 1.73. The Morgan fingerprint density at radius 2 is 1.67 bits per heavy atom. The van der Waals surface area contributed by atoms with Crippen molar-refractivity contribution < 1.29 is 9.47 Å². The smallest absolute Gasteiger partial charge is 0.122 e. The molecule has 0 bridgehead atoms. The Morgan fingerprint density at radius 3 is 2.24 bits per heavy atom. The maximum Gasteiger partial charge on any atom is 0.122 e. The predicted octanol–water partition coefficient (Wildman–Crippen LogP) is 3.15. The molecule has 5 heteroatoms. The van der Waals surface area contributed by atoms with Crippen molar-refractivity contribution >= 4 is 17.6 Å². The summed E-state index contributed by atoms with van der Waals surface area (Å²) in [5.41, 5.74) is 6.10. The van der Waals surface area contributed by atoms with Gasteiger partial charge >= 0.3 is 0 Å². The number of nitrogen functional groups attached to an aromatic ring is 1. The van der Waals surface area contributed by atoms with Gasteiger partial charge in [-0.25, -0.2) is 0 Å². The minimum Gasteiger partial charge on any atom is -0.497 e. The van der Waals surface area contributed by atoms with E-state index < -0.39 is 0 Å². The van der Waals surface area contributed by atoms with Crippen LogP contribution in [0.5, 0.6) is 11.5 Å². The summed E-state index contributed by atoms with van der Waals surface area (Å²) < 4.78 is 10.8. The number of benzene rings is 2. The lowest BCUT2D eigenvalue weighted by Gasteiger charge is -2.07. The second kappa shape index (κ2) is 7.59. The molecule has 0 amide bonds. The summed E-state index contributed by atoms with van der Waals surface area (Å²) in [7, 11) is 1.66. The second-order valence-electron chi connectivity index (χ2n) is 4.31. The van der Waals surface area contributed by atoms with Gasteiger partial charge in [-0.2, -0.15) is 0 Å². The van der Waals surface area contributed by atoms with Crippen LogP contribution in [-0.2, 0) is 0 Å². The molecular formula is C16H18N2O2S. The first-order valence-electron chi connectivity index (χ1n) is 6.53. The molecule has 0 atom stereocenters. The maximum absolute atomic E-state index is 7.32. The third kappa shape index (κ3) is 4.72. The van der Waals surface area contributed by atoms with E-state index in [1.54, 1.807) is 31.0 Å². The van der Waals surface area contributed by atoms with Crippen LogP contribution in [0.2, 0.25) is 0 Å². The van der Waals surface area contributed by atoms with Gasteiger partial charge in [0.25, 0.3) is 0 Å². The van der Waals surface area contributed by atoms with Gasteiger partial charge in [-0.05, 0) is 48.5 Å². The van der Waals surface area contributed by atoms with Gasteiger partial charge in [-0.3, -0.25) is 5.41 Å². The van der Waals surface area contributed by atoms with Crippen LogP contribution in [0.15, 0.2) is 53.4 Å². The summed E-state index contributed by atoms with van der Waals surface area (Å²) in [5.74, 6) is 2.58. The predicted molar refractivity (Wildman–Crippen MR) is 86.7 cm³/mol. The molecule has 0 radical (unpaired) electrons. The maximum atomic E-state index is 7.32. The van der Waals surface area contributed by atoms with E-state index in [2.05, 4.69) is 0 Å². The number of ether oxygens (including phenoxy) is 2. The molecule has 110 valence electrons. The topological polar surface area (TPSA) is 68.3 Å². The summed E-state index contributed by atoms with van der Waals surface area (Å²) in [6.45, 7) is 0.621. The molecule has 3 N–H and O–H groups in total. The van der Waals surface area contributed by atoms with Gasteiger partial charge in [0.15, 0.2) is 0 Å². The van der Waals surface area contributed by atoms with Crippen molar-refractivity contribution in [1.82, 2.24) is 0 Å². The summed E-state index contributed by atoms with van der Waals surface area (Å²) in [6, 6.07) is 15.2. The fourth-order valence-electron chi connectivity index (χ4n) is 1.72. The average molecular weight is 302 g/mol. The number of thioether (sulfide) groups is 1. The molecule has 0 aliphatic heterocycles. The fraction of sp³-hybridized carbons (Fsp3) is 0.188. The Kier molecular flexibility index (Phi) is 5.51. The summed E-state index contributed by atoms with van der Waals surface area (Å²) in [6.07, 6.45) is 0. The van der Waals surface area contributed by atoms with E-state index in [-0.39, 0.29) is 5.84 Å². The highest BCUT2D eigenvalue weighted by Crippen LogP contribution is 2.21. The van der Waals surface area contributed by atoms with Gasteiger partial charge in [-0.1, -0.05) is 0 Å². The Hall–Kier alpha value is -2.14. The van der Waals surface area contributed by atoms with E-state index in [0.717, 1.165) is 17.3 Å². The zero-order valence-electron chi connectivity index (χ0n) is 11.8. The highest BCUT2D eigenvalue weighted by Gasteiger charge is 1.99. The van der Waals surface area contributed by atoms with Gasteiger partial charge in [0.1, 0.15) is 17.3 Å². The number of nitrogens with two attached hydrogens (primary N) is 1. The Bertz CT molecular complexity index is 582. The lowest BCUT2D eigenvalue weighted by atomic mass is 10.2. The van der Waals surface area contributed by atoms with E-state index in [0.29, 0.717) is 12.2 Å². The second-order valence-corrected chi connectivity index (χ2v) is 5.48. The fourth-order valence-corrected chi connectivity index (χ4v) is 2.45. The van der Waals surface area contributed by atoms with Crippen molar-refractivity contribution in [3.05, 3.63) is 54.1 Å². The van der Waals surface area contributed by atoms with E-state index in [1.807, 2.05) is 36.4 Å². The molecule has 2 rings (SSSR count). The van der Waals surface area contributed by atoms with Gasteiger partial charge in [0, 0.05) is 16.2 Å². The van der Waals surface area contributed by atoms with E-state index in [9.17, 15) is 0 Å². The highest BCUT2D eigenvalue weighted by atomic mass is 32.2. The normalized spacial score (nSPS) is 10.1. The number of hydrogen-bond acceptors (Lipinski definition) is 4. The van der Waals surface area contributed by atoms with Crippen molar-refractivity contribution in [3.8, 4) is 11.5 Å². The van der Waals surface area contributed by atoms with Crippen molar-refractivity contribution in [3.63, 3.8) is 0 Å². The van der Waals surface area contributed by atoms with Crippen LogP contribution in [0.3, 0.4) is 0 Å². The van der Waals surface area contributed by atoms with Crippen LogP contribution < -0.4 is 15.2 Å². The summed E-state index contributed by atoms with van der Waals surface area (Å²) in [5, 5.41) is 7.32. The molecule has 2 aromatic rings. The third-order valence-electron chi connectivity index (χ3n) is 2.85. The first-order valence-corrected chi connectivity index (χ1v) is 7.51. The van der Waals surface area contributed by atoms with Crippen molar-refractivity contribution in [2.75, 3.05) is 19.5 Å². The minimum atomic E-state index is 0.0663. The van der Waals surface area contributed by atoms with Gasteiger partial charge < -0.3 is 15.2 Å². The molecule has 0 saturated carbocycles. The van der Waals surface area contributed by atoms with Crippen LogP contribution >= 0.6 is 11.8 Å². The van der Waals surface area contributed by atoms with E-state index in [1.165, 1.54) is 4.90 Å². The number of rotatable bonds is 7. The lowest BCUT2D eigenvalue weighted by molar-refractivity contribution is 0.344. The molecule has 0 unspecified atom stereocenters. The van der Waals surface area contributed by atoms with Crippen LogP contribution in [0.1, 0.15) is 5.56 Å². The quantitative estimate of drug-likeness (QED) is 0.357. The first-order chi connectivity index (χ1) is 10.2. The van der Waals surface area contributed by atoms with Crippen LogP contribution in [0.25, 0.3) is 0 Å². The molecule has 4 nitrogen and oxygen atoms in total. The van der Waals surface area contributed by atoms with Crippen LogP contribution in [-0.4, -0.2) is 25.3 Å². The van der Waals surface area contributed by atoms with Gasteiger partial charge in [-0.15, -0.1) is 11.8 Å². The molecular weight excluding hydrogens is 284 g/mol. The van der Waals surface area contributed by atoms with E-state index >= 15 is 0 Å². The molecule has 0 saturated heterocycles. The standard InChI is InChI=1S/C16H18N2O2S/c1-19-13-6-8-15(9-7-13)21-11-10-20-14-4-2-12(3-5-14)16(17)18/h2-9H,10-11H2,1H3,(H3,17,18). The number of methoxy groups -OCH3 is 1. The Labute approximate surface area is 128 Å². The number of amidine groups is 1. The molecule has 2 aromatic carbocycles. The minimum absolute atomic E-state index is 0.0663. The molecule has 0 aromatic heterocycles. The lowest BCUT2D eigenvalue weighted by Crippen LogP contribution is -2.10. The van der Waals surface area contributed by atoms with Gasteiger partial charge in [0.05, 0.1) is 13.7 Å². The van der Waals surface area contributed by atoms with Crippen LogP contribution in [0.4, 0.5) is 0 Å². The zero-order chi connectivity index (χ0) is 15.1. The summed E-state index contributed by atoms with van der Waals surface area (Å²) in [4.78, 5) is 1.19. The molecule has 0 fully saturated rings. The van der Waals surface area contributed by atoms with Crippen LogP contribution in [0, 0.1) is 5.41 Å². The largest absolute Gasteiger partial charge is 0.497 e. The zero-order valence-corrected chi connectivity index (χ0v) is 12.7. The Morgan fingerprint density at radius 1 is 1.05 bits per heavy atom. The molecule has 21 heavy (non-hydrogen) atoms. The molecule has 0 aliphatic carbocycles. The SMILES string of the molecule is COc1ccc(SCCOc2ccc(C(=N)N)cc2)cc1. The highest BCUT2D eigenvalue weighted by molar-refractivity contribution is 7.99. The average Bonchev–Trinajstić information content (AvgIpc) is 2.52. The van der Waals surface area contributed by atoms with Crippen molar-refractivity contribution in [1.29, 1.82) is 5.41 Å². The molecule has 0 spiro atoms. The Balaban J connectivity index is 1.74. The molecule has 0 heterocycles. The number of hydrogen-bond donors (Lipinski definition) is 2. The van der Waals surface area contributed by atoms with Gasteiger partial charge in [0.2, 0.25) is 0 Å². The third-order valence-corrected chi connectivity index (χ3v) is 3.82. The van der Waals surface area contributed by atoms with Crippen molar-refractivity contribution in [2.45, 2.75) is 4.90 Å². The number of nitrogens with one attached hydrogen (secondary N) is 1. The molecule has 0 aliphatic rings.